The molecule has 0 radical (unpaired) electrons. The first-order valence-corrected chi connectivity index (χ1v) is 5.72. The van der Waals surface area contributed by atoms with Gasteiger partial charge in [0, 0.05) is 5.69 Å². The fourth-order valence-electron chi connectivity index (χ4n) is 1.71. The Kier molecular flexibility index (Phi) is 3.66. The molecule has 0 saturated heterocycles. The predicted molar refractivity (Wildman–Crippen MR) is 69.5 cm³/mol. The summed E-state index contributed by atoms with van der Waals surface area (Å²) in [5, 5.41) is 9.08. The Hall–Kier alpha value is -2.56. The van der Waals surface area contributed by atoms with Gasteiger partial charge >= 0.3 is 5.97 Å². The Morgan fingerprint density at radius 3 is 2.63 bits per heavy atom. The van der Waals surface area contributed by atoms with E-state index in [0.717, 1.165) is 5.56 Å². The number of carboxylic acid groups (broad SMARTS) is 1. The number of nitrogens with one attached hydrogen (secondary N) is 1. The van der Waals surface area contributed by atoms with E-state index in [2.05, 4.69) is 4.98 Å². The van der Waals surface area contributed by atoms with Crippen molar-refractivity contribution in [1.82, 2.24) is 4.98 Å². The molecule has 0 unspecified atom stereocenters. The van der Waals surface area contributed by atoms with Crippen molar-refractivity contribution in [3.05, 3.63) is 63.6 Å². The van der Waals surface area contributed by atoms with E-state index >= 15 is 0 Å². The van der Waals surface area contributed by atoms with Crippen LogP contribution < -0.4 is 10.3 Å². The summed E-state index contributed by atoms with van der Waals surface area (Å²) in [7, 11) is 0. The zero-order valence-corrected chi connectivity index (χ0v) is 10.3. The molecule has 0 aliphatic carbocycles. The van der Waals surface area contributed by atoms with Crippen LogP contribution in [0.2, 0.25) is 0 Å². The van der Waals surface area contributed by atoms with E-state index in [1.165, 1.54) is 6.07 Å². The number of hydrogen-bond acceptors (Lipinski definition) is 3. The number of ether oxygens (including phenoxy) is 1. The molecule has 0 atom stereocenters. The van der Waals surface area contributed by atoms with E-state index in [4.69, 9.17) is 9.84 Å². The number of pyridine rings is 1. The zero-order valence-electron chi connectivity index (χ0n) is 10.3. The van der Waals surface area contributed by atoms with Crippen LogP contribution >= 0.6 is 0 Å². The quantitative estimate of drug-likeness (QED) is 0.879. The molecule has 0 bridgehead atoms. The number of aromatic carboxylic acids is 1. The molecule has 5 heteroatoms. The predicted octanol–water partition coefficient (Wildman–Crippen LogP) is 1.96. The normalized spacial score (nSPS) is 10.2. The van der Waals surface area contributed by atoms with Gasteiger partial charge in [0.05, 0.1) is 0 Å². The molecule has 2 rings (SSSR count). The third-order valence-corrected chi connectivity index (χ3v) is 2.58. The maximum absolute atomic E-state index is 11.7. The summed E-state index contributed by atoms with van der Waals surface area (Å²) in [5.74, 6) is -1.35. The molecular weight excluding hydrogens is 246 g/mol. The molecule has 1 aromatic carbocycles. The fourth-order valence-corrected chi connectivity index (χ4v) is 1.71. The summed E-state index contributed by atoms with van der Waals surface area (Å²) in [5.41, 5.74) is 0.679. The van der Waals surface area contributed by atoms with Gasteiger partial charge in [-0.2, -0.15) is 0 Å². The molecule has 0 fully saturated rings. The first-order chi connectivity index (χ1) is 9.08. The molecule has 0 aliphatic heterocycles. The summed E-state index contributed by atoms with van der Waals surface area (Å²) >= 11 is 0. The summed E-state index contributed by atoms with van der Waals surface area (Å²) < 4.78 is 5.35. The second-order valence-corrected chi connectivity index (χ2v) is 4.10. The third-order valence-electron chi connectivity index (χ3n) is 2.58. The third kappa shape index (κ3) is 3.01. The van der Waals surface area contributed by atoms with Crippen LogP contribution in [0.5, 0.6) is 5.75 Å². The molecule has 1 heterocycles. The summed E-state index contributed by atoms with van der Waals surface area (Å²) in [6.45, 7) is 1.77. The van der Waals surface area contributed by atoms with Gasteiger partial charge in [0.2, 0.25) is 0 Å². The van der Waals surface area contributed by atoms with Crippen molar-refractivity contribution in [2.24, 2.45) is 0 Å². The Labute approximate surface area is 109 Å². The van der Waals surface area contributed by atoms with Gasteiger partial charge in [-0.1, -0.05) is 30.3 Å². The van der Waals surface area contributed by atoms with Crippen LogP contribution in [0.15, 0.2) is 41.2 Å². The Morgan fingerprint density at radius 1 is 1.32 bits per heavy atom. The maximum Gasteiger partial charge on any atom is 0.339 e. The lowest BCUT2D eigenvalue weighted by atomic mass is 10.2. The molecule has 98 valence electrons. The lowest BCUT2D eigenvalue weighted by Gasteiger charge is -2.08. The highest BCUT2D eigenvalue weighted by molar-refractivity contribution is 5.90. The maximum atomic E-state index is 11.7. The molecule has 19 heavy (non-hydrogen) atoms. The minimum Gasteiger partial charge on any atom is -0.482 e. The molecule has 2 aromatic rings. The lowest BCUT2D eigenvalue weighted by Crippen LogP contribution is -2.17. The highest BCUT2D eigenvalue weighted by Gasteiger charge is 2.16. The van der Waals surface area contributed by atoms with Crippen molar-refractivity contribution in [2.75, 3.05) is 0 Å². The Bertz CT molecular complexity index is 646. The topological polar surface area (TPSA) is 79.4 Å². The standard InChI is InChI=1S/C14H13NO4/c1-9-7-11(14(17)18)12(13(16)15-9)19-8-10-5-3-2-4-6-10/h2-7H,8H2,1H3,(H,15,16)(H,17,18). The molecule has 0 amide bonds. The van der Waals surface area contributed by atoms with Crippen LogP contribution in [0, 0.1) is 6.92 Å². The molecule has 1 aromatic heterocycles. The molecule has 2 N–H and O–H groups in total. The van der Waals surface area contributed by atoms with E-state index in [0.29, 0.717) is 5.69 Å². The second kappa shape index (κ2) is 5.39. The Balaban J connectivity index is 2.30. The van der Waals surface area contributed by atoms with Gasteiger partial charge in [-0.25, -0.2) is 4.79 Å². The summed E-state index contributed by atoms with van der Waals surface area (Å²) in [6, 6.07) is 10.6. The van der Waals surface area contributed by atoms with E-state index in [9.17, 15) is 9.59 Å². The van der Waals surface area contributed by atoms with Crippen molar-refractivity contribution in [1.29, 1.82) is 0 Å². The molecule has 5 nitrogen and oxygen atoms in total. The summed E-state index contributed by atoms with van der Waals surface area (Å²) in [4.78, 5) is 25.4. The van der Waals surface area contributed by atoms with E-state index in [-0.39, 0.29) is 17.9 Å². The number of carbonyl (C=O) groups is 1. The average molecular weight is 259 g/mol. The van der Waals surface area contributed by atoms with Gasteiger partial charge in [-0.05, 0) is 18.6 Å². The number of benzene rings is 1. The largest absolute Gasteiger partial charge is 0.482 e. The molecular formula is C14H13NO4. The zero-order chi connectivity index (χ0) is 13.8. The van der Waals surface area contributed by atoms with Crippen molar-refractivity contribution in [2.45, 2.75) is 13.5 Å². The number of H-pyrrole nitrogens is 1. The van der Waals surface area contributed by atoms with Gasteiger partial charge in [-0.3, -0.25) is 4.79 Å². The molecule has 0 aliphatic rings. The first-order valence-electron chi connectivity index (χ1n) is 5.72. The highest BCUT2D eigenvalue weighted by Crippen LogP contribution is 2.15. The van der Waals surface area contributed by atoms with Crippen molar-refractivity contribution < 1.29 is 14.6 Å². The second-order valence-electron chi connectivity index (χ2n) is 4.10. The van der Waals surface area contributed by atoms with Crippen LogP contribution in [0.4, 0.5) is 0 Å². The monoisotopic (exact) mass is 259 g/mol. The van der Waals surface area contributed by atoms with E-state index in [1.807, 2.05) is 30.3 Å². The van der Waals surface area contributed by atoms with Crippen LogP contribution in [-0.2, 0) is 6.61 Å². The van der Waals surface area contributed by atoms with Gasteiger partial charge in [0.15, 0.2) is 5.75 Å². The first kappa shape index (κ1) is 12.9. The van der Waals surface area contributed by atoms with Crippen molar-refractivity contribution in [3.63, 3.8) is 0 Å². The minimum absolute atomic E-state index is 0.128. The smallest absolute Gasteiger partial charge is 0.339 e. The van der Waals surface area contributed by atoms with Gasteiger partial charge in [0.1, 0.15) is 12.2 Å². The van der Waals surface area contributed by atoms with E-state index in [1.54, 1.807) is 6.92 Å². The minimum atomic E-state index is -1.18. The summed E-state index contributed by atoms with van der Waals surface area (Å²) in [6.07, 6.45) is 0. The lowest BCUT2D eigenvalue weighted by molar-refractivity contribution is 0.0691. The van der Waals surface area contributed by atoms with Gasteiger partial charge in [-0.15, -0.1) is 0 Å². The Morgan fingerprint density at radius 2 is 2.00 bits per heavy atom. The van der Waals surface area contributed by atoms with Gasteiger partial charge in [0.25, 0.3) is 5.56 Å². The van der Waals surface area contributed by atoms with Crippen LogP contribution in [0.1, 0.15) is 21.6 Å². The van der Waals surface area contributed by atoms with Crippen molar-refractivity contribution >= 4 is 5.97 Å². The van der Waals surface area contributed by atoms with Crippen LogP contribution in [0.3, 0.4) is 0 Å². The molecule has 0 spiro atoms. The van der Waals surface area contributed by atoms with E-state index < -0.39 is 11.5 Å². The van der Waals surface area contributed by atoms with Crippen molar-refractivity contribution in [3.8, 4) is 5.75 Å². The number of aryl methyl sites for hydroxylation is 1. The highest BCUT2D eigenvalue weighted by atomic mass is 16.5. The fraction of sp³-hybridized carbons (Fsp3) is 0.143. The number of rotatable bonds is 4. The van der Waals surface area contributed by atoms with Crippen LogP contribution in [0.25, 0.3) is 0 Å². The number of hydrogen-bond donors (Lipinski definition) is 2. The number of aromatic amines is 1. The number of carboxylic acids is 1. The van der Waals surface area contributed by atoms with Crippen LogP contribution in [-0.4, -0.2) is 16.1 Å². The van der Waals surface area contributed by atoms with Gasteiger partial charge < -0.3 is 14.8 Å². The SMILES string of the molecule is Cc1cc(C(=O)O)c(OCc2ccccc2)c(=O)[nH]1. The average Bonchev–Trinajstić information content (AvgIpc) is 2.38. The molecule has 0 saturated carbocycles. The number of aromatic nitrogens is 1.